The Labute approximate surface area is 134 Å². The molecule has 0 aromatic heterocycles. The second kappa shape index (κ2) is 8.39. The van der Waals surface area contributed by atoms with E-state index in [9.17, 15) is 9.90 Å². The maximum absolute atomic E-state index is 11.7. The van der Waals surface area contributed by atoms with Gasteiger partial charge in [0, 0.05) is 32.8 Å². The van der Waals surface area contributed by atoms with Gasteiger partial charge in [0.15, 0.2) is 0 Å². The van der Waals surface area contributed by atoms with Gasteiger partial charge < -0.3 is 15.2 Å². The highest BCUT2D eigenvalue weighted by Crippen LogP contribution is 2.23. The van der Waals surface area contributed by atoms with Crippen molar-refractivity contribution in [3.8, 4) is 0 Å². The van der Waals surface area contributed by atoms with Crippen LogP contribution in [-0.2, 0) is 9.53 Å². The highest BCUT2D eigenvalue weighted by molar-refractivity contribution is 6.42. The van der Waals surface area contributed by atoms with Gasteiger partial charge in [-0.15, -0.1) is 0 Å². The van der Waals surface area contributed by atoms with Crippen LogP contribution in [0.1, 0.15) is 18.9 Å². The summed E-state index contributed by atoms with van der Waals surface area (Å²) in [5.74, 6) is -0.293. The number of rotatable bonds is 7. The minimum absolute atomic E-state index is 0.154. The minimum Gasteiger partial charge on any atom is -0.388 e. The van der Waals surface area contributed by atoms with Crippen molar-refractivity contribution in [3.05, 3.63) is 39.9 Å². The third-order valence-electron chi connectivity index (χ3n) is 2.86. The topological polar surface area (TPSA) is 58.6 Å². The molecule has 1 aromatic rings. The molecule has 0 bridgehead atoms. The molecule has 0 spiro atoms. The summed E-state index contributed by atoms with van der Waals surface area (Å²) in [6, 6.07) is 5.09. The maximum atomic E-state index is 11.7. The van der Waals surface area contributed by atoms with Crippen molar-refractivity contribution in [1.29, 1.82) is 0 Å². The molecule has 116 valence electrons. The predicted octanol–water partition coefficient (Wildman–Crippen LogP) is 2.91. The Bertz CT molecular complexity index is 516. The van der Waals surface area contributed by atoms with Crippen LogP contribution in [-0.4, -0.2) is 36.9 Å². The van der Waals surface area contributed by atoms with Gasteiger partial charge in [0.2, 0.25) is 5.91 Å². The van der Waals surface area contributed by atoms with E-state index in [0.29, 0.717) is 23.1 Å². The molecule has 1 rings (SSSR count). The van der Waals surface area contributed by atoms with Crippen molar-refractivity contribution in [1.82, 2.24) is 5.32 Å². The quantitative estimate of drug-likeness (QED) is 0.755. The summed E-state index contributed by atoms with van der Waals surface area (Å²) < 4.78 is 4.90. The van der Waals surface area contributed by atoms with Gasteiger partial charge in [-0.1, -0.05) is 29.3 Å². The molecule has 0 saturated carbocycles. The number of halogens is 2. The van der Waals surface area contributed by atoms with E-state index in [4.69, 9.17) is 27.9 Å². The highest BCUT2D eigenvalue weighted by Gasteiger charge is 2.20. The standard InChI is InChI=1S/C15H19Cl2NO3/c1-15(20,7-8-21-2)10-18-14(19)6-4-11-3-5-12(16)13(17)9-11/h3-6,9,20H,7-8,10H2,1-2H3,(H,18,19)/b6-4+. The predicted molar refractivity (Wildman–Crippen MR) is 85.6 cm³/mol. The fourth-order valence-corrected chi connectivity index (χ4v) is 1.84. The molecule has 0 heterocycles. The zero-order chi connectivity index (χ0) is 15.9. The molecule has 1 aromatic carbocycles. The van der Waals surface area contributed by atoms with Crippen LogP contribution in [0, 0.1) is 0 Å². The first kappa shape index (κ1) is 18.0. The number of benzene rings is 1. The van der Waals surface area contributed by atoms with E-state index in [1.54, 1.807) is 38.3 Å². The molecule has 21 heavy (non-hydrogen) atoms. The smallest absolute Gasteiger partial charge is 0.244 e. The number of methoxy groups -OCH3 is 1. The minimum atomic E-state index is -0.997. The lowest BCUT2D eigenvalue weighted by Crippen LogP contribution is -2.40. The first-order chi connectivity index (χ1) is 9.84. The van der Waals surface area contributed by atoms with Crippen molar-refractivity contribution in [2.75, 3.05) is 20.3 Å². The molecule has 4 nitrogen and oxygen atoms in total. The van der Waals surface area contributed by atoms with Crippen LogP contribution in [0.3, 0.4) is 0 Å². The van der Waals surface area contributed by atoms with Crippen molar-refractivity contribution in [3.63, 3.8) is 0 Å². The van der Waals surface area contributed by atoms with Crippen LogP contribution in [0.2, 0.25) is 10.0 Å². The third kappa shape index (κ3) is 6.96. The fraction of sp³-hybridized carbons (Fsp3) is 0.400. The number of carbonyl (C=O) groups excluding carboxylic acids is 1. The van der Waals surface area contributed by atoms with Crippen LogP contribution in [0.4, 0.5) is 0 Å². The van der Waals surface area contributed by atoms with E-state index in [0.717, 1.165) is 5.56 Å². The van der Waals surface area contributed by atoms with Gasteiger partial charge >= 0.3 is 0 Å². The Kier molecular flexibility index (Phi) is 7.18. The van der Waals surface area contributed by atoms with Gasteiger partial charge in [0.25, 0.3) is 0 Å². The average molecular weight is 332 g/mol. The highest BCUT2D eigenvalue weighted by atomic mass is 35.5. The molecule has 0 aliphatic rings. The Morgan fingerprint density at radius 3 is 2.76 bits per heavy atom. The van der Waals surface area contributed by atoms with E-state index in [1.807, 2.05) is 0 Å². The number of ether oxygens (including phenoxy) is 1. The summed E-state index contributed by atoms with van der Waals surface area (Å²) in [6.45, 7) is 2.23. The largest absolute Gasteiger partial charge is 0.388 e. The van der Waals surface area contributed by atoms with Gasteiger partial charge in [-0.05, 0) is 30.7 Å². The molecule has 0 aliphatic carbocycles. The lowest BCUT2D eigenvalue weighted by Gasteiger charge is -2.22. The number of nitrogens with one attached hydrogen (secondary N) is 1. The maximum Gasteiger partial charge on any atom is 0.244 e. The molecule has 0 aliphatic heterocycles. The lowest BCUT2D eigenvalue weighted by atomic mass is 10.0. The first-order valence-electron chi connectivity index (χ1n) is 6.46. The van der Waals surface area contributed by atoms with E-state index in [-0.39, 0.29) is 12.5 Å². The zero-order valence-corrected chi connectivity index (χ0v) is 13.5. The average Bonchev–Trinajstić information content (AvgIpc) is 2.44. The van der Waals surface area contributed by atoms with Gasteiger partial charge in [0.05, 0.1) is 15.6 Å². The number of carbonyl (C=O) groups is 1. The van der Waals surface area contributed by atoms with Crippen molar-refractivity contribution in [2.24, 2.45) is 0 Å². The Hall–Kier alpha value is -1.07. The summed E-state index contributed by atoms with van der Waals surface area (Å²) in [5, 5.41) is 13.5. The van der Waals surface area contributed by atoms with Crippen molar-refractivity contribution < 1.29 is 14.6 Å². The van der Waals surface area contributed by atoms with E-state index in [2.05, 4.69) is 5.32 Å². The molecule has 2 N–H and O–H groups in total. The van der Waals surface area contributed by atoms with Gasteiger partial charge in [0.1, 0.15) is 0 Å². The Morgan fingerprint density at radius 1 is 1.43 bits per heavy atom. The van der Waals surface area contributed by atoms with E-state index >= 15 is 0 Å². The van der Waals surface area contributed by atoms with E-state index < -0.39 is 5.60 Å². The summed E-state index contributed by atoms with van der Waals surface area (Å²) in [7, 11) is 1.56. The molecule has 0 fully saturated rings. The number of hydrogen-bond donors (Lipinski definition) is 2. The third-order valence-corrected chi connectivity index (χ3v) is 3.60. The summed E-state index contributed by atoms with van der Waals surface area (Å²) in [6.07, 6.45) is 3.45. The molecule has 0 radical (unpaired) electrons. The van der Waals surface area contributed by atoms with Crippen molar-refractivity contribution in [2.45, 2.75) is 18.9 Å². The second-order valence-electron chi connectivity index (χ2n) is 4.96. The zero-order valence-electron chi connectivity index (χ0n) is 12.0. The molecular weight excluding hydrogens is 313 g/mol. The molecule has 1 amide bonds. The molecular formula is C15H19Cl2NO3. The monoisotopic (exact) mass is 331 g/mol. The summed E-state index contributed by atoms with van der Waals surface area (Å²) in [5.41, 5.74) is -0.228. The first-order valence-corrected chi connectivity index (χ1v) is 7.22. The van der Waals surface area contributed by atoms with E-state index in [1.165, 1.54) is 6.08 Å². The van der Waals surface area contributed by atoms with Gasteiger partial charge in [-0.2, -0.15) is 0 Å². The number of aliphatic hydroxyl groups is 1. The Morgan fingerprint density at radius 2 is 2.14 bits per heavy atom. The van der Waals surface area contributed by atoms with Gasteiger partial charge in [-0.3, -0.25) is 4.79 Å². The van der Waals surface area contributed by atoms with Gasteiger partial charge in [-0.25, -0.2) is 0 Å². The molecule has 1 unspecified atom stereocenters. The van der Waals surface area contributed by atoms with Crippen LogP contribution in [0.25, 0.3) is 6.08 Å². The van der Waals surface area contributed by atoms with Crippen LogP contribution in [0.15, 0.2) is 24.3 Å². The number of amides is 1. The molecule has 6 heteroatoms. The fourth-order valence-electron chi connectivity index (χ4n) is 1.53. The molecule has 0 saturated heterocycles. The Balaban J connectivity index is 2.49. The summed E-state index contributed by atoms with van der Waals surface area (Å²) >= 11 is 11.7. The van der Waals surface area contributed by atoms with Crippen molar-refractivity contribution >= 4 is 35.2 Å². The number of hydrogen-bond acceptors (Lipinski definition) is 3. The normalized spacial score (nSPS) is 14.1. The second-order valence-corrected chi connectivity index (χ2v) is 5.78. The summed E-state index contributed by atoms with van der Waals surface area (Å²) in [4.78, 5) is 11.7. The SMILES string of the molecule is COCCC(C)(O)CNC(=O)/C=C/c1ccc(Cl)c(Cl)c1. The van der Waals surface area contributed by atoms with Crippen LogP contribution < -0.4 is 5.32 Å². The van der Waals surface area contributed by atoms with Crippen LogP contribution in [0.5, 0.6) is 0 Å². The lowest BCUT2D eigenvalue weighted by molar-refractivity contribution is -0.117. The van der Waals surface area contributed by atoms with Crippen LogP contribution >= 0.6 is 23.2 Å². The molecule has 1 atom stereocenters.